The van der Waals surface area contributed by atoms with Crippen LogP contribution in [-0.4, -0.2) is 31.3 Å². The molecule has 0 radical (unpaired) electrons. The van der Waals surface area contributed by atoms with Gasteiger partial charge >= 0.3 is 0 Å². The summed E-state index contributed by atoms with van der Waals surface area (Å²) in [7, 11) is 3.92. The summed E-state index contributed by atoms with van der Waals surface area (Å²) in [6.45, 7) is 1.46. The fourth-order valence-corrected chi connectivity index (χ4v) is 3.24. The normalized spacial score (nSPS) is 17.7. The summed E-state index contributed by atoms with van der Waals surface area (Å²) in [6, 6.07) is 6.10. The summed E-state index contributed by atoms with van der Waals surface area (Å²) in [4.78, 5) is 2.07. The maximum absolute atomic E-state index is 10.5. The molecule has 4 heteroatoms. The second-order valence-electron chi connectivity index (χ2n) is 5.60. The lowest BCUT2D eigenvalue weighted by molar-refractivity contribution is 0.0559. The van der Waals surface area contributed by atoms with Crippen molar-refractivity contribution < 1.29 is 5.11 Å². The highest BCUT2D eigenvalue weighted by Crippen LogP contribution is 2.33. The summed E-state index contributed by atoms with van der Waals surface area (Å²) in [5.74, 6) is 0. The number of hydrogen-bond donors (Lipinski definition) is 2. The Bertz CT molecular complexity index is 430. The molecule has 0 saturated heterocycles. The third-order valence-corrected chi connectivity index (χ3v) is 4.17. The van der Waals surface area contributed by atoms with E-state index < -0.39 is 5.60 Å². The maximum atomic E-state index is 10.5. The SMILES string of the molecule is CNCc1ccc(N(C)CC2(O)CCCC2)c(Cl)c1. The standard InChI is InChI=1S/C15H23ClN2O/c1-17-10-12-5-6-14(13(16)9-12)18(2)11-15(19)7-3-4-8-15/h5-6,9,17,19H,3-4,7-8,10-11H2,1-2H3. The Labute approximate surface area is 120 Å². The first-order valence-corrected chi connectivity index (χ1v) is 7.28. The Morgan fingerprint density at radius 3 is 2.63 bits per heavy atom. The average Bonchev–Trinajstić information content (AvgIpc) is 2.76. The Morgan fingerprint density at radius 2 is 2.05 bits per heavy atom. The Hall–Kier alpha value is -0.770. The van der Waals surface area contributed by atoms with Gasteiger partial charge in [0.15, 0.2) is 0 Å². The molecule has 1 aliphatic rings. The molecule has 2 rings (SSSR count). The second-order valence-corrected chi connectivity index (χ2v) is 6.01. The van der Waals surface area contributed by atoms with Crippen molar-refractivity contribution >= 4 is 17.3 Å². The molecule has 0 amide bonds. The highest BCUT2D eigenvalue weighted by molar-refractivity contribution is 6.33. The predicted octanol–water partition coefficient (Wildman–Crippen LogP) is 2.80. The minimum Gasteiger partial charge on any atom is -0.388 e. The van der Waals surface area contributed by atoms with Crippen LogP contribution in [0.25, 0.3) is 0 Å². The van der Waals surface area contributed by atoms with Crippen LogP contribution < -0.4 is 10.2 Å². The van der Waals surface area contributed by atoms with E-state index in [0.29, 0.717) is 6.54 Å². The van der Waals surface area contributed by atoms with E-state index in [0.717, 1.165) is 42.9 Å². The molecule has 1 aromatic rings. The molecule has 3 nitrogen and oxygen atoms in total. The number of nitrogens with one attached hydrogen (secondary N) is 1. The van der Waals surface area contributed by atoms with Crippen LogP contribution in [-0.2, 0) is 6.54 Å². The monoisotopic (exact) mass is 282 g/mol. The molecule has 1 aliphatic carbocycles. The summed E-state index contributed by atoms with van der Waals surface area (Å²) in [5, 5.41) is 14.3. The number of rotatable bonds is 5. The minimum absolute atomic E-state index is 0.540. The summed E-state index contributed by atoms with van der Waals surface area (Å²) in [5.41, 5.74) is 1.62. The molecule has 1 saturated carbocycles. The van der Waals surface area contributed by atoms with Crippen molar-refractivity contribution in [3.63, 3.8) is 0 Å². The zero-order valence-corrected chi connectivity index (χ0v) is 12.5. The third-order valence-electron chi connectivity index (χ3n) is 3.87. The van der Waals surface area contributed by atoms with Crippen LogP contribution in [0.4, 0.5) is 5.69 Å². The van der Waals surface area contributed by atoms with Crippen molar-refractivity contribution in [3.05, 3.63) is 28.8 Å². The second kappa shape index (κ2) is 6.12. The van der Waals surface area contributed by atoms with Gasteiger partial charge in [-0.1, -0.05) is 30.5 Å². The van der Waals surface area contributed by atoms with Crippen LogP contribution in [0.1, 0.15) is 31.2 Å². The quantitative estimate of drug-likeness (QED) is 0.872. The molecule has 0 bridgehead atoms. The first kappa shape index (κ1) is 14.6. The van der Waals surface area contributed by atoms with Crippen LogP contribution in [0.15, 0.2) is 18.2 Å². The highest BCUT2D eigenvalue weighted by Gasteiger charge is 2.32. The van der Waals surface area contributed by atoms with Gasteiger partial charge in [0.1, 0.15) is 0 Å². The van der Waals surface area contributed by atoms with Crippen LogP contribution in [0, 0.1) is 0 Å². The first-order chi connectivity index (χ1) is 9.04. The van der Waals surface area contributed by atoms with Crippen LogP contribution in [0.2, 0.25) is 5.02 Å². The molecule has 0 aromatic heterocycles. The van der Waals surface area contributed by atoms with Crippen LogP contribution >= 0.6 is 11.6 Å². The number of halogens is 1. The molecule has 0 atom stereocenters. The first-order valence-electron chi connectivity index (χ1n) is 6.91. The van der Waals surface area contributed by atoms with E-state index in [1.807, 2.05) is 26.2 Å². The van der Waals surface area contributed by atoms with Crippen molar-refractivity contribution in [1.82, 2.24) is 5.32 Å². The summed E-state index contributed by atoms with van der Waals surface area (Å²) in [6.07, 6.45) is 4.04. The molecule has 2 N–H and O–H groups in total. The van der Waals surface area contributed by atoms with E-state index in [9.17, 15) is 5.11 Å². The fraction of sp³-hybridized carbons (Fsp3) is 0.600. The van der Waals surface area contributed by atoms with Gasteiger partial charge < -0.3 is 15.3 Å². The van der Waals surface area contributed by atoms with Gasteiger partial charge in [0, 0.05) is 20.1 Å². The van der Waals surface area contributed by atoms with Gasteiger partial charge in [-0.3, -0.25) is 0 Å². The van der Waals surface area contributed by atoms with Crippen molar-refractivity contribution in [1.29, 1.82) is 0 Å². The van der Waals surface area contributed by atoms with Gasteiger partial charge in [0.05, 0.1) is 16.3 Å². The van der Waals surface area contributed by atoms with Gasteiger partial charge in [-0.2, -0.15) is 0 Å². The Morgan fingerprint density at radius 1 is 1.37 bits per heavy atom. The zero-order valence-electron chi connectivity index (χ0n) is 11.7. The number of likely N-dealkylation sites (N-methyl/N-ethyl adjacent to an activating group) is 1. The number of benzene rings is 1. The molecule has 1 aromatic carbocycles. The lowest BCUT2D eigenvalue weighted by Gasteiger charge is -2.30. The topological polar surface area (TPSA) is 35.5 Å². The smallest absolute Gasteiger partial charge is 0.0821 e. The van der Waals surface area contributed by atoms with Gasteiger partial charge in [0.25, 0.3) is 0 Å². The zero-order chi connectivity index (χ0) is 13.9. The van der Waals surface area contributed by atoms with E-state index in [4.69, 9.17) is 11.6 Å². The van der Waals surface area contributed by atoms with Gasteiger partial charge in [-0.15, -0.1) is 0 Å². The van der Waals surface area contributed by atoms with E-state index in [1.165, 1.54) is 5.56 Å². The molecule has 0 unspecified atom stereocenters. The van der Waals surface area contributed by atoms with Gasteiger partial charge in [0.2, 0.25) is 0 Å². The number of aliphatic hydroxyl groups is 1. The third kappa shape index (κ3) is 3.62. The lowest BCUT2D eigenvalue weighted by Crippen LogP contribution is -2.39. The summed E-state index contributed by atoms with van der Waals surface area (Å²) >= 11 is 6.34. The Kier molecular flexibility index (Phi) is 4.71. The molecule has 1 fully saturated rings. The predicted molar refractivity (Wildman–Crippen MR) is 80.9 cm³/mol. The van der Waals surface area contributed by atoms with E-state index >= 15 is 0 Å². The summed E-state index contributed by atoms with van der Waals surface area (Å²) < 4.78 is 0. The molecule has 0 aliphatic heterocycles. The van der Waals surface area contributed by atoms with Gasteiger partial charge in [-0.05, 0) is 37.6 Å². The molecule has 19 heavy (non-hydrogen) atoms. The van der Waals surface area contributed by atoms with Crippen molar-refractivity contribution in [2.45, 2.75) is 37.8 Å². The van der Waals surface area contributed by atoms with Crippen molar-refractivity contribution in [2.75, 3.05) is 25.5 Å². The van der Waals surface area contributed by atoms with Crippen LogP contribution in [0.5, 0.6) is 0 Å². The molecular formula is C15H23ClN2O. The van der Waals surface area contributed by atoms with Crippen molar-refractivity contribution in [3.8, 4) is 0 Å². The maximum Gasteiger partial charge on any atom is 0.0821 e. The van der Waals surface area contributed by atoms with E-state index in [2.05, 4.69) is 16.3 Å². The van der Waals surface area contributed by atoms with E-state index in [1.54, 1.807) is 0 Å². The van der Waals surface area contributed by atoms with E-state index in [-0.39, 0.29) is 0 Å². The number of nitrogens with zero attached hydrogens (tertiary/aromatic N) is 1. The largest absolute Gasteiger partial charge is 0.388 e. The molecule has 0 heterocycles. The fourth-order valence-electron chi connectivity index (χ4n) is 2.89. The van der Waals surface area contributed by atoms with Crippen molar-refractivity contribution in [2.24, 2.45) is 0 Å². The molecule has 0 spiro atoms. The van der Waals surface area contributed by atoms with Gasteiger partial charge in [-0.25, -0.2) is 0 Å². The number of anilines is 1. The number of hydrogen-bond acceptors (Lipinski definition) is 3. The lowest BCUT2D eigenvalue weighted by atomic mass is 10.0. The molecular weight excluding hydrogens is 260 g/mol. The average molecular weight is 283 g/mol. The van der Waals surface area contributed by atoms with Crippen LogP contribution in [0.3, 0.4) is 0 Å². The highest BCUT2D eigenvalue weighted by atomic mass is 35.5. The minimum atomic E-state index is -0.540. The molecule has 106 valence electrons. The Balaban J connectivity index is 2.08.